The Balaban J connectivity index is 2.07. The summed E-state index contributed by atoms with van der Waals surface area (Å²) in [7, 11) is 5.72. The van der Waals surface area contributed by atoms with Gasteiger partial charge in [0.2, 0.25) is 5.91 Å². The van der Waals surface area contributed by atoms with Gasteiger partial charge in [-0.05, 0) is 39.1 Å². The smallest absolute Gasteiger partial charge is 0.234 e. The van der Waals surface area contributed by atoms with Gasteiger partial charge in [0.05, 0.1) is 18.9 Å². The van der Waals surface area contributed by atoms with E-state index in [4.69, 9.17) is 4.74 Å². The Morgan fingerprint density at radius 2 is 2.11 bits per heavy atom. The number of carbonyl (C=O) groups is 1. The summed E-state index contributed by atoms with van der Waals surface area (Å²) in [5.74, 6) is 1.88. The van der Waals surface area contributed by atoms with Gasteiger partial charge in [0, 0.05) is 18.3 Å². The zero-order valence-corrected chi connectivity index (χ0v) is 18.3. The fourth-order valence-electron chi connectivity index (χ4n) is 2.99. The molecule has 1 atom stereocenters. The highest BCUT2D eigenvalue weighted by Crippen LogP contribution is 2.26. The number of amides is 1. The number of nitrogens with one attached hydrogen (secondary N) is 1. The highest BCUT2D eigenvalue weighted by atomic mass is 32.2. The van der Waals surface area contributed by atoms with Crippen LogP contribution in [0.3, 0.4) is 0 Å². The normalized spacial score (nSPS) is 12.2. The van der Waals surface area contributed by atoms with Gasteiger partial charge in [-0.15, -0.1) is 10.2 Å². The van der Waals surface area contributed by atoms with Crippen molar-refractivity contribution >= 4 is 23.4 Å². The van der Waals surface area contributed by atoms with Gasteiger partial charge in [-0.1, -0.05) is 38.1 Å². The Morgan fingerprint density at radius 3 is 2.75 bits per heavy atom. The van der Waals surface area contributed by atoms with Gasteiger partial charge >= 0.3 is 0 Å². The Labute approximate surface area is 171 Å². The van der Waals surface area contributed by atoms with E-state index in [1.165, 1.54) is 11.8 Å². The number of thioether (sulfide) groups is 1. The summed E-state index contributed by atoms with van der Waals surface area (Å²) in [5, 5.41) is 12.5. The standard InChI is InChI=1S/C20H31N5O2S/c1-6-8-12-25-19(17(7-2)24(3)4)22-23-20(25)28-14-18(26)21-15-10-9-11-16(13-15)27-5/h9-11,13,17H,6-8,12,14H2,1-5H3,(H,21,26)/t17-/m0/s1. The third-order valence-corrected chi connectivity index (χ3v) is 5.44. The molecule has 2 rings (SSSR count). The zero-order chi connectivity index (χ0) is 20.5. The third kappa shape index (κ3) is 5.97. The molecule has 0 saturated heterocycles. The average Bonchev–Trinajstić information content (AvgIpc) is 3.07. The summed E-state index contributed by atoms with van der Waals surface area (Å²) in [5.41, 5.74) is 0.719. The minimum absolute atomic E-state index is 0.0792. The Kier molecular flexibility index (Phi) is 8.79. The number of anilines is 1. The van der Waals surface area contributed by atoms with Crippen molar-refractivity contribution in [3.05, 3.63) is 30.1 Å². The maximum Gasteiger partial charge on any atom is 0.234 e. The van der Waals surface area contributed by atoms with Crippen LogP contribution in [0.4, 0.5) is 5.69 Å². The molecular formula is C20H31N5O2S. The minimum Gasteiger partial charge on any atom is -0.497 e. The number of unbranched alkanes of at least 4 members (excludes halogenated alkanes) is 1. The lowest BCUT2D eigenvalue weighted by Gasteiger charge is -2.23. The average molecular weight is 406 g/mol. The van der Waals surface area contributed by atoms with Crippen molar-refractivity contribution in [3.63, 3.8) is 0 Å². The van der Waals surface area contributed by atoms with Crippen LogP contribution in [-0.4, -0.2) is 52.5 Å². The summed E-state index contributed by atoms with van der Waals surface area (Å²) in [6, 6.07) is 7.55. The molecule has 1 aromatic carbocycles. The van der Waals surface area contributed by atoms with Gasteiger partial charge in [0.1, 0.15) is 5.75 Å². The lowest BCUT2D eigenvalue weighted by molar-refractivity contribution is -0.113. The molecule has 2 aromatic rings. The number of nitrogens with zero attached hydrogens (tertiary/aromatic N) is 4. The molecule has 0 fully saturated rings. The Morgan fingerprint density at radius 1 is 1.32 bits per heavy atom. The lowest BCUT2D eigenvalue weighted by Crippen LogP contribution is -2.23. The highest BCUT2D eigenvalue weighted by molar-refractivity contribution is 7.99. The van der Waals surface area contributed by atoms with Crippen LogP contribution in [0.1, 0.15) is 45.0 Å². The van der Waals surface area contributed by atoms with Gasteiger partial charge in [-0.2, -0.15) is 0 Å². The molecule has 1 aromatic heterocycles. The van der Waals surface area contributed by atoms with Crippen molar-refractivity contribution in [1.82, 2.24) is 19.7 Å². The van der Waals surface area contributed by atoms with E-state index >= 15 is 0 Å². The van der Waals surface area contributed by atoms with Crippen molar-refractivity contribution in [2.24, 2.45) is 0 Å². The summed E-state index contributed by atoms with van der Waals surface area (Å²) < 4.78 is 7.36. The van der Waals surface area contributed by atoms with Crippen molar-refractivity contribution in [3.8, 4) is 5.75 Å². The summed E-state index contributed by atoms with van der Waals surface area (Å²) in [4.78, 5) is 14.5. The summed E-state index contributed by atoms with van der Waals surface area (Å²) in [6.45, 7) is 5.18. The largest absolute Gasteiger partial charge is 0.497 e. The maximum absolute atomic E-state index is 12.4. The lowest BCUT2D eigenvalue weighted by atomic mass is 10.2. The van der Waals surface area contributed by atoms with Gasteiger partial charge in [-0.25, -0.2) is 0 Å². The van der Waals surface area contributed by atoms with E-state index in [-0.39, 0.29) is 17.7 Å². The van der Waals surface area contributed by atoms with Crippen molar-refractivity contribution in [1.29, 1.82) is 0 Å². The molecule has 28 heavy (non-hydrogen) atoms. The van der Waals surface area contributed by atoms with Crippen molar-refractivity contribution < 1.29 is 9.53 Å². The highest BCUT2D eigenvalue weighted by Gasteiger charge is 2.22. The van der Waals surface area contributed by atoms with E-state index in [9.17, 15) is 4.79 Å². The first-order valence-electron chi connectivity index (χ1n) is 9.66. The number of aromatic nitrogens is 3. The summed E-state index contributed by atoms with van der Waals surface area (Å²) >= 11 is 1.42. The van der Waals surface area contributed by atoms with Gasteiger partial charge in [-0.3, -0.25) is 9.69 Å². The number of rotatable bonds is 11. The first-order valence-corrected chi connectivity index (χ1v) is 10.6. The van der Waals surface area contributed by atoms with Crippen LogP contribution in [0.5, 0.6) is 5.75 Å². The second kappa shape index (κ2) is 11.1. The van der Waals surface area contributed by atoms with Gasteiger partial charge < -0.3 is 14.6 Å². The number of methoxy groups -OCH3 is 1. The molecule has 7 nitrogen and oxygen atoms in total. The predicted octanol–water partition coefficient (Wildman–Crippen LogP) is 3.83. The fraction of sp³-hybridized carbons (Fsp3) is 0.550. The van der Waals surface area contributed by atoms with Crippen molar-refractivity contribution in [2.45, 2.75) is 50.9 Å². The van der Waals surface area contributed by atoms with E-state index in [1.807, 2.05) is 18.2 Å². The van der Waals surface area contributed by atoms with Gasteiger partial charge in [0.15, 0.2) is 11.0 Å². The topological polar surface area (TPSA) is 72.3 Å². The Hall–Kier alpha value is -2.06. The molecule has 0 radical (unpaired) electrons. The van der Waals surface area contributed by atoms with Crippen LogP contribution in [0, 0.1) is 0 Å². The molecule has 0 spiro atoms. The first-order chi connectivity index (χ1) is 13.5. The molecule has 0 unspecified atom stereocenters. The van der Waals surface area contributed by atoms with Crippen LogP contribution >= 0.6 is 11.8 Å². The van der Waals surface area contributed by atoms with Crippen LogP contribution in [-0.2, 0) is 11.3 Å². The van der Waals surface area contributed by atoms with E-state index < -0.39 is 0 Å². The van der Waals surface area contributed by atoms with Crippen LogP contribution in [0.15, 0.2) is 29.4 Å². The number of ether oxygens (including phenoxy) is 1. The number of hydrogen-bond acceptors (Lipinski definition) is 6. The van der Waals surface area contributed by atoms with E-state index in [2.05, 4.69) is 52.9 Å². The summed E-state index contributed by atoms with van der Waals surface area (Å²) in [6.07, 6.45) is 3.10. The Bertz CT molecular complexity index is 763. The molecule has 1 N–H and O–H groups in total. The van der Waals surface area contributed by atoms with Crippen LogP contribution in [0.2, 0.25) is 0 Å². The molecule has 1 amide bonds. The molecule has 0 aliphatic rings. The molecule has 8 heteroatoms. The SMILES string of the molecule is CCCCn1c(SCC(=O)Nc2cccc(OC)c2)nnc1[C@H](CC)N(C)C. The molecular weight excluding hydrogens is 374 g/mol. The zero-order valence-electron chi connectivity index (χ0n) is 17.4. The second-order valence-electron chi connectivity index (χ2n) is 6.80. The van der Waals surface area contributed by atoms with E-state index in [0.717, 1.165) is 42.5 Å². The first kappa shape index (κ1) is 22.2. The fourth-order valence-corrected chi connectivity index (χ4v) is 3.76. The molecule has 0 aliphatic carbocycles. The molecule has 154 valence electrons. The number of benzene rings is 1. The van der Waals surface area contributed by atoms with Crippen LogP contribution < -0.4 is 10.1 Å². The number of hydrogen-bond donors (Lipinski definition) is 1. The minimum atomic E-state index is -0.0792. The van der Waals surface area contributed by atoms with Gasteiger partial charge in [0.25, 0.3) is 0 Å². The third-order valence-electron chi connectivity index (χ3n) is 4.47. The van der Waals surface area contributed by atoms with E-state index in [1.54, 1.807) is 13.2 Å². The monoisotopic (exact) mass is 405 g/mol. The quantitative estimate of drug-likeness (QED) is 0.573. The van der Waals surface area contributed by atoms with E-state index in [0.29, 0.717) is 5.75 Å². The molecule has 0 saturated carbocycles. The number of carbonyl (C=O) groups excluding carboxylic acids is 1. The molecule has 0 bridgehead atoms. The van der Waals surface area contributed by atoms with Crippen molar-refractivity contribution in [2.75, 3.05) is 32.3 Å². The second-order valence-corrected chi connectivity index (χ2v) is 7.74. The predicted molar refractivity (Wildman–Crippen MR) is 114 cm³/mol. The molecule has 0 aliphatic heterocycles. The van der Waals surface area contributed by atoms with Crippen LogP contribution in [0.25, 0.3) is 0 Å². The maximum atomic E-state index is 12.4. The molecule has 1 heterocycles.